The summed E-state index contributed by atoms with van der Waals surface area (Å²) in [5, 5.41) is 11.4. The van der Waals surface area contributed by atoms with Crippen LogP contribution in [0.25, 0.3) is 0 Å². The van der Waals surface area contributed by atoms with Crippen molar-refractivity contribution in [3.05, 3.63) is 82.3 Å². The minimum absolute atomic E-state index is 0.000849. The number of anilines is 4. The van der Waals surface area contributed by atoms with Crippen molar-refractivity contribution in [2.75, 3.05) is 33.9 Å². The molecule has 11 nitrogen and oxygen atoms in total. The van der Waals surface area contributed by atoms with Crippen molar-refractivity contribution in [2.45, 2.75) is 51.6 Å². The first-order valence-corrected chi connectivity index (χ1v) is 15.0. The maximum absolute atomic E-state index is 13.9. The topological polar surface area (TPSA) is 142 Å². The van der Waals surface area contributed by atoms with Gasteiger partial charge in [-0.05, 0) is 72.9 Å². The maximum Gasteiger partial charge on any atom is 0.250 e. The lowest BCUT2D eigenvalue weighted by molar-refractivity contribution is -0.126. The predicted molar refractivity (Wildman–Crippen MR) is 168 cm³/mol. The Bertz CT molecular complexity index is 1680. The fraction of sp³-hybridized carbons (Fsp3) is 0.364. The zero-order valence-corrected chi connectivity index (χ0v) is 24.8. The molecule has 4 N–H and O–H groups in total. The molecule has 3 aliphatic rings. The number of aromatic nitrogens is 1. The number of carbonyl (C=O) groups is 4. The molecule has 1 aromatic heterocycles. The fourth-order valence-electron chi connectivity index (χ4n) is 7.10. The van der Waals surface area contributed by atoms with E-state index in [9.17, 15) is 24.0 Å². The molecule has 3 aliphatic heterocycles. The van der Waals surface area contributed by atoms with E-state index in [2.05, 4.69) is 26.2 Å². The smallest absolute Gasteiger partial charge is 0.250 e. The Hall–Kier alpha value is -4.93. The van der Waals surface area contributed by atoms with Crippen LogP contribution in [0.2, 0.25) is 0 Å². The maximum atomic E-state index is 13.9. The highest BCUT2D eigenvalue weighted by Gasteiger charge is 2.49. The fourth-order valence-corrected chi connectivity index (χ4v) is 7.10. The van der Waals surface area contributed by atoms with Crippen LogP contribution in [0.4, 0.5) is 22.7 Å². The van der Waals surface area contributed by atoms with Crippen molar-refractivity contribution in [2.24, 2.45) is 11.8 Å². The third kappa shape index (κ3) is 5.95. The van der Waals surface area contributed by atoms with Crippen LogP contribution in [-0.4, -0.2) is 47.3 Å². The third-order valence-electron chi connectivity index (χ3n) is 8.76. The van der Waals surface area contributed by atoms with Crippen LogP contribution in [0.15, 0.2) is 65.5 Å². The van der Waals surface area contributed by atoms with Crippen molar-refractivity contribution in [1.82, 2.24) is 9.88 Å². The number of rotatable bonds is 7. The van der Waals surface area contributed by atoms with Gasteiger partial charge in [0.05, 0.1) is 5.92 Å². The summed E-state index contributed by atoms with van der Waals surface area (Å²) < 4.78 is 1.87. The molecule has 4 heterocycles. The minimum atomic E-state index is -0.424. The van der Waals surface area contributed by atoms with Crippen LogP contribution >= 0.6 is 0 Å². The van der Waals surface area contributed by atoms with E-state index in [4.69, 9.17) is 0 Å². The van der Waals surface area contributed by atoms with E-state index < -0.39 is 5.92 Å². The average molecular weight is 597 g/mol. The molecule has 0 saturated carbocycles. The van der Waals surface area contributed by atoms with Crippen LogP contribution in [0.5, 0.6) is 0 Å². The quantitative estimate of drug-likeness (QED) is 0.330. The molecule has 44 heavy (non-hydrogen) atoms. The van der Waals surface area contributed by atoms with Crippen molar-refractivity contribution < 1.29 is 19.2 Å². The summed E-state index contributed by atoms with van der Waals surface area (Å²) in [6, 6.07) is 17.9. The number of nitrogens with zero attached hydrogens (tertiary/aromatic N) is 2. The standard InChI is InChI=1S/C33H36N6O5/c1-19(40)35-23-6-8-24(9-7-23)37-30(42)12-13-34-33(44)27-16-22-15-25(36-20(2)41)10-11-28(22)39-18-21-14-26(32(27)39)29-4-3-5-31(43)38(29)17-21/h3-11,15,21,26-27,32H,12-14,16-18H2,1-2H3,(H,34,44)(H,35,40)(H,36,41)(H,37,42)/t21-,26+,27?,32+/m0/s1. The van der Waals surface area contributed by atoms with Gasteiger partial charge < -0.3 is 30.7 Å². The highest BCUT2D eigenvalue weighted by Crippen LogP contribution is 2.48. The molecule has 0 spiro atoms. The summed E-state index contributed by atoms with van der Waals surface area (Å²) in [7, 11) is 0. The monoisotopic (exact) mass is 596 g/mol. The SMILES string of the molecule is CC(=O)Nc1ccc(NC(=O)CCNC(=O)C2Cc3cc(NC(C)=O)ccc3N3C[C@H]4C[C@H](c5cccc(=O)n5C4)[C@H]23)cc1. The van der Waals surface area contributed by atoms with Gasteiger partial charge in [0.25, 0.3) is 5.56 Å². The lowest BCUT2D eigenvalue weighted by atomic mass is 9.69. The predicted octanol–water partition coefficient (Wildman–Crippen LogP) is 3.07. The Morgan fingerprint density at radius 1 is 0.841 bits per heavy atom. The van der Waals surface area contributed by atoms with Gasteiger partial charge in [-0.25, -0.2) is 0 Å². The molecular weight excluding hydrogens is 560 g/mol. The summed E-state index contributed by atoms with van der Waals surface area (Å²) >= 11 is 0. The van der Waals surface area contributed by atoms with Gasteiger partial charge in [0.15, 0.2) is 0 Å². The van der Waals surface area contributed by atoms with Gasteiger partial charge in [-0.15, -0.1) is 0 Å². The summed E-state index contributed by atoms with van der Waals surface area (Å²) in [5.41, 5.74) is 4.89. The summed E-state index contributed by atoms with van der Waals surface area (Å²) in [4.78, 5) is 64.6. The molecule has 1 unspecified atom stereocenters. The highest BCUT2D eigenvalue weighted by atomic mass is 16.2. The van der Waals surface area contributed by atoms with Crippen LogP contribution in [-0.2, 0) is 32.1 Å². The number of amides is 4. The number of hydrogen-bond acceptors (Lipinski definition) is 6. The number of piperidine rings is 1. The number of benzene rings is 2. The number of carbonyl (C=O) groups excluding carboxylic acids is 4. The molecule has 4 amide bonds. The zero-order chi connectivity index (χ0) is 31.0. The van der Waals surface area contributed by atoms with E-state index in [1.165, 1.54) is 13.8 Å². The van der Waals surface area contributed by atoms with E-state index in [-0.39, 0.29) is 60.0 Å². The van der Waals surface area contributed by atoms with Crippen molar-refractivity contribution >= 4 is 46.4 Å². The van der Waals surface area contributed by atoms with Crippen molar-refractivity contribution in [3.63, 3.8) is 0 Å². The first kappa shape index (κ1) is 29.2. The Morgan fingerprint density at radius 2 is 1.52 bits per heavy atom. The number of pyridine rings is 1. The molecule has 4 atom stereocenters. The molecule has 0 aliphatic carbocycles. The molecule has 1 saturated heterocycles. The Balaban J connectivity index is 1.20. The van der Waals surface area contributed by atoms with Gasteiger partial charge in [0.2, 0.25) is 23.6 Å². The third-order valence-corrected chi connectivity index (χ3v) is 8.76. The van der Waals surface area contributed by atoms with Crippen LogP contribution in [0.3, 0.4) is 0 Å². The van der Waals surface area contributed by atoms with E-state index in [0.29, 0.717) is 30.0 Å². The lowest BCUT2D eigenvalue weighted by Gasteiger charge is -2.54. The molecule has 0 radical (unpaired) electrons. The molecule has 2 bridgehead atoms. The molecule has 1 fully saturated rings. The molecule has 3 aromatic rings. The van der Waals surface area contributed by atoms with Gasteiger partial charge in [0.1, 0.15) is 0 Å². The van der Waals surface area contributed by atoms with Gasteiger partial charge in [0, 0.05) is 86.4 Å². The van der Waals surface area contributed by atoms with Crippen LogP contribution < -0.4 is 31.7 Å². The summed E-state index contributed by atoms with van der Waals surface area (Å²) in [5.74, 6) is -0.878. The number of nitrogens with one attached hydrogen (secondary N) is 4. The van der Waals surface area contributed by atoms with E-state index in [1.807, 2.05) is 28.8 Å². The second-order valence-electron chi connectivity index (χ2n) is 11.9. The van der Waals surface area contributed by atoms with E-state index >= 15 is 0 Å². The first-order chi connectivity index (χ1) is 21.2. The number of fused-ring (bicyclic) bond motifs is 8. The highest BCUT2D eigenvalue weighted by molar-refractivity contribution is 5.93. The second kappa shape index (κ2) is 12.0. The normalized spacial score (nSPS) is 21.2. The minimum Gasteiger partial charge on any atom is -0.366 e. The van der Waals surface area contributed by atoms with Gasteiger partial charge in [-0.1, -0.05) is 6.07 Å². The molecule has 11 heteroatoms. The van der Waals surface area contributed by atoms with Crippen molar-refractivity contribution in [3.8, 4) is 0 Å². The molecule has 228 valence electrons. The summed E-state index contributed by atoms with van der Waals surface area (Å²) in [6.45, 7) is 4.43. The summed E-state index contributed by atoms with van der Waals surface area (Å²) in [6.07, 6.45) is 1.46. The lowest BCUT2D eigenvalue weighted by Crippen LogP contribution is -2.60. The Labute approximate surface area is 255 Å². The number of hydrogen-bond donors (Lipinski definition) is 4. The Morgan fingerprint density at radius 3 is 2.25 bits per heavy atom. The Kier molecular flexibility index (Phi) is 7.94. The van der Waals surface area contributed by atoms with Crippen molar-refractivity contribution in [1.29, 1.82) is 0 Å². The van der Waals surface area contributed by atoms with Gasteiger partial charge in [-0.3, -0.25) is 24.0 Å². The van der Waals surface area contributed by atoms with E-state index in [0.717, 1.165) is 29.9 Å². The van der Waals surface area contributed by atoms with Crippen LogP contribution in [0, 0.1) is 11.8 Å². The largest absolute Gasteiger partial charge is 0.366 e. The zero-order valence-electron chi connectivity index (χ0n) is 24.8. The van der Waals surface area contributed by atoms with Gasteiger partial charge >= 0.3 is 0 Å². The molecular formula is C33H36N6O5. The van der Waals surface area contributed by atoms with Crippen LogP contribution in [0.1, 0.15) is 43.9 Å². The average Bonchev–Trinajstić information content (AvgIpc) is 2.97. The molecule has 6 rings (SSSR count). The second-order valence-corrected chi connectivity index (χ2v) is 11.9. The van der Waals surface area contributed by atoms with E-state index in [1.54, 1.807) is 36.4 Å². The first-order valence-electron chi connectivity index (χ1n) is 15.0. The van der Waals surface area contributed by atoms with Gasteiger partial charge in [-0.2, -0.15) is 0 Å². The molecule has 2 aromatic carbocycles.